The van der Waals surface area contributed by atoms with Crippen molar-refractivity contribution >= 4 is 22.9 Å². The maximum atomic E-state index is 13.5. The average molecular weight is 421 g/mol. The van der Waals surface area contributed by atoms with E-state index in [1.54, 1.807) is 0 Å². The third-order valence-corrected chi connectivity index (χ3v) is 4.67. The highest BCUT2D eigenvalue weighted by atomic mass is 19.4. The summed E-state index contributed by atoms with van der Waals surface area (Å²) in [6, 6.07) is 4.74. The van der Waals surface area contributed by atoms with Gasteiger partial charge in [-0.15, -0.1) is 0 Å². The molecule has 1 aliphatic carbocycles. The van der Waals surface area contributed by atoms with Crippen LogP contribution < -0.4 is 10.1 Å². The van der Waals surface area contributed by atoms with E-state index >= 15 is 0 Å². The number of amides is 1. The van der Waals surface area contributed by atoms with Crippen LogP contribution in [0.15, 0.2) is 30.5 Å². The maximum Gasteiger partial charge on any atom is 0.433 e. The number of methoxy groups -OCH3 is 1. The topological polar surface area (TPSA) is 112 Å². The van der Waals surface area contributed by atoms with Crippen molar-refractivity contribution in [1.82, 2.24) is 14.6 Å². The van der Waals surface area contributed by atoms with Crippen LogP contribution in [0.2, 0.25) is 0 Å². The Morgan fingerprint density at radius 1 is 1.33 bits per heavy atom. The summed E-state index contributed by atoms with van der Waals surface area (Å²) in [7, 11) is 1.33. The first kappa shape index (κ1) is 19.6. The molecule has 1 saturated carbocycles. The van der Waals surface area contributed by atoms with Crippen LogP contribution in [-0.4, -0.2) is 32.5 Å². The Balaban J connectivity index is 1.76. The molecule has 12 heteroatoms. The van der Waals surface area contributed by atoms with Crippen LogP contribution in [0.3, 0.4) is 0 Å². The lowest BCUT2D eigenvalue weighted by Crippen LogP contribution is -2.16. The molecule has 0 saturated heterocycles. The molecule has 0 aliphatic heterocycles. The van der Waals surface area contributed by atoms with Gasteiger partial charge in [-0.2, -0.15) is 18.3 Å². The Morgan fingerprint density at radius 3 is 2.67 bits per heavy atom. The number of nitrogens with zero attached hydrogens (tertiary/aromatic N) is 4. The molecule has 9 nitrogen and oxygen atoms in total. The lowest BCUT2D eigenvalue weighted by molar-refractivity contribution is -0.384. The minimum absolute atomic E-state index is 0.0930. The summed E-state index contributed by atoms with van der Waals surface area (Å²) in [5.41, 5.74) is -1.86. The molecular weight excluding hydrogens is 407 g/mol. The van der Waals surface area contributed by atoms with E-state index in [0.29, 0.717) is 17.4 Å². The quantitative estimate of drug-likeness (QED) is 0.496. The summed E-state index contributed by atoms with van der Waals surface area (Å²) in [5, 5.41) is 17.3. The molecule has 1 amide bonds. The van der Waals surface area contributed by atoms with Gasteiger partial charge in [-0.1, -0.05) is 0 Å². The summed E-state index contributed by atoms with van der Waals surface area (Å²) in [4.78, 5) is 27.5. The minimum Gasteiger partial charge on any atom is -0.496 e. The molecule has 3 aromatic rings. The van der Waals surface area contributed by atoms with Gasteiger partial charge in [-0.05, 0) is 31.0 Å². The Bertz CT molecular complexity index is 1170. The smallest absolute Gasteiger partial charge is 0.433 e. The van der Waals surface area contributed by atoms with E-state index < -0.39 is 28.4 Å². The number of ether oxygens (including phenoxy) is 1. The SMILES string of the molecule is COc1ccc(NC(=O)c2cnn3c(C(F)(F)F)cc(C4CC4)nc23)c([N+](=O)[O-])c1. The van der Waals surface area contributed by atoms with Gasteiger partial charge in [-0.25, -0.2) is 9.50 Å². The van der Waals surface area contributed by atoms with Crippen LogP contribution in [0.1, 0.15) is 40.5 Å². The van der Waals surface area contributed by atoms with E-state index in [-0.39, 0.29) is 34.3 Å². The minimum atomic E-state index is -4.70. The summed E-state index contributed by atoms with van der Waals surface area (Å²) < 4.78 is 45.9. The fourth-order valence-electron chi connectivity index (χ4n) is 3.02. The van der Waals surface area contributed by atoms with Gasteiger partial charge >= 0.3 is 6.18 Å². The second kappa shape index (κ2) is 6.97. The summed E-state index contributed by atoms with van der Waals surface area (Å²) in [6.07, 6.45) is -2.30. The first-order valence-corrected chi connectivity index (χ1v) is 8.78. The summed E-state index contributed by atoms with van der Waals surface area (Å²) in [5.74, 6) is -0.752. The Hall–Kier alpha value is -3.70. The van der Waals surface area contributed by atoms with Crippen molar-refractivity contribution in [1.29, 1.82) is 0 Å². The Labute approximate surface area is 166 Å². The number of aromatic nitrogens is 3. The number of carbonyl (C=O) groups excluding carboxylic acids is 1. The normalized spacial score (nSPS) is 14.0. The summed E-state index contributed by atoms with van der Waals surface area (Å²) in [6.45, 7) is 0. The highest BCUT2D eigenvalue weighted by Crippen LogP contribution is 2.41. The van der Waals surface area contributed by atoms with Crippen LogP contribution in [0.4, 0.5) is 24.5 Å². The number of nitrogens with one attached hydrogen (secondary N) is 1. The standard InChI is InChI=1S/C18H14F3N5O4/c1-30-10-4-5-12(14(6-10)26(28)29)24-17(27)11-8-22-25-15(18(19,20)21)7-13(9-2-3-9)23-16(11)25/h4-9H,2-3H2,1H3,(H,24,27). The Kier molecular flexibility index (Phi) is 4.56. The fourth-order valence-corrected chi connectivity index (χ4v) is 3.02. The second-order valence-corrected chi connectivity index (χ2v) is 6.73. The zero-order valence-electron chi connectivity index (χ0n) is 15.4. The summed E-state index contributed by atoms with van der Waals surface area (Å²) >= 11 is 0. The zero-order valence-corrected chi connectivity index (χ0v) is 15.4. The second-order valence-electron chi connectivity index (χ2n) is 6.73. The van der Waals surface area contributed by atoms with Gasteiger partial charge in [0, 0.05) is 11.6 Å². The molecule has 1 aliphatic rings. The van der Waals surface area contributed by atoms with Crippen molar-refractivity contribution in [3.63, 3.8) is 0 Å². The molecule has 4 rings (SSSR count). The first-order chi connectivity index (χ1) is 14.2. The van der Waals surface area contributed by atoms with Gasteiger partial charge in [0.15, 0.2) is 5.65 Å². The lowest BCUT2D eigenvalue weighted by Gasteiger charge is -2.11. The van der Waals surface area contributed by atoms with Crippen molar-refractivity contribution in [3.8, 4) is 5.75 Å². The van der Waals surface area contributed by atoms with Crippen molar-refractivity contribution in [2.45, 2.75) is 24.9 Å². The molecule has 2 heterocycles. The van der Waals surface area contributed by atoms with E-state index in [0.717, 1.165) is 18.3 Å². The van der Waals surface area contributed by atoms with Crippen LogP contribution in [0, 0.1) is 10.1 Å². The molecule has 1 aromatic carbocycles. The molecular formula is C18H14F3N5O4. The first-order valence-electron chi connectivity index (χ1n) is 8.78. The molecule has 0 bridgehead atoms. The van der Waals surface area contributed by atoms with Crippen LogP contribution in [0.25, 0.3) is 5.65 Å². The van der Waals surface area contributed by atoms with E-state index in [4.69, 9.17) is 4.74 Å². The van der Waals surface area contributed by atoms with Gasteiger partial charge < -0.3 is 10.1 Å². The number of nitro benzene ring substituents is 1. The number of hydrogen-bond donors (Lipinski definition) is 1. The van der Waals surface area contributed by atoms with Gasteiger partial charge in [0.25, 0.3) is 11.6 Å². The number of halogens is 3. The number of benzene rings is 1. The van der Waals surface area contributed by atoms with Gasteiger partial charge in [0.05, 0.1) is 24.3 Å². The van der Waals surface area contributed by atoms with E-state index in [1.807, 2.05) is 0 Å². The lowest BCUT2D eigenvalue weighted by atomic mass is 10.2. The van der Waals surface area contributed by atoms with Gasteiger partial charge in [0.1, 0.15) is 22.7 Å². The molecule has 0 unspecified atom stereocenters. The predicted molar refractivity (Wildman–Crippen MR) is 97.6 cm³/mol. The van der Waals surface area contributed by atoms with Gasteiger partial charge in [-0.3, -0.25) is 14.9 Å². The fraction of sp³-hybridized carbons (Fsp3) is 0.278. The van der Waals surface area contributed by atoms with E-state index in [2.05, 4.69) is 15.4 Å². The Morgan fingerprint density at radius 2 is 2.07 bits per heavy atom. The number of hydrogen-bond acceptors (Lipinski definition) is 6. The molecule has 2 aromatic heterocycles. The third kappa shape index (κ3) is 3.51. The molecule has 1 N–H and O–H groups in total. The highest BCUT2D eigenvalue weighted by Gasteiger charge is 2.38. The van der Waals surface area contributed by atoms with Crippen molar-refractivity contribution < 1.29 is 27.6 Å². The molecule has 0 atom stereocenters. The number of carbonyl (C=O) groups is 1. The molecule has 1 fully saturated rings. The molecule has 30 heavy (non-hydrogen) atoms. The van der Waals surface area contributed by atoms with Crippen molar-refractivity contribution in [2.75, 3.05) is 12.4 Å². The van der Waals surface area contributed by atoms with E-state index in [9.17, 15) is 28.1 Å². The van der Waals surface area contributed by atoms with E-state index in [1.165, 1.54) is 19.2 Å². The van der Waals surface area contributed by atoms with Crippen molar-refractivity contribution in [3.05, 3.63) is 57.5 Å². The van der Waals surface area contributed by atoms with Crippen LogP contribution in [-0.2, 0) is 6.18 Å². The molecule has 156 valence electrons. The maximum absolute atomic E-state index is 13.5. The zero-order chi connectivity index (χ0) is 21.6. The number of nitro groups is 1. The van der Waals surface area contributed by atoms with Crippen LogP contribution >= 0.6 is 0 Å². The monoisotopic (exact) mass is 421 g/mol. The largest absolute Gasteiger partial charge is 0.496 e. The van der Waals surface area contributed by atoms with Crippen molar-refractivity contribution in [2.24, 2.45) is 0 Å². The number of rotatable bonds is 5. The molecule has 0 spiro atoms. The number of fused-ring (bicyclic) bond motifs is 1. The highest BCUT2D eigenvalue weighted by molar-refractivity contribution is 6.09. The predicted octanol–water partition coefficient (Wildman–Crippen LogP) is 3.79. The molecule has 0 radical (unpaired) electrons. The third-order valence-electron chi connectivity index (χ3n) is 4.67. The van der Waals surface area contributed by atoms with Gasteiger partial charge in [0.2, 0.25) is 0 Å². The number of alkyl halides is 3. The average Bonchev–Trinajstić information content (AvgIpc) is 3.45. The number of anilines is 1. The van der Waals surface area contributed by atoms with Crippen LogP contribution in [0.5, 0.6) is 5.75 Å².